The first-order valence-corrected chi connectivity index (χ1v) is 19.9. The molecule has 0 fully saturated rings. The highest BCUT2D eigenvalue weighted by atomic mass is 16.3. The van der Waals surface area contributed by atoms with Crippen molar-refractivity contribution in [2.24, 2.45) is 0 Å². The lowest BCUT2D eigenvalue weighted by Crippen LogP contribution is -2.00. The quantitative estimate of drug-likeness (QED) is 0.164. The van der Waals surface area contributed by atoms with Crippen LogP contribution < -0.4 is 0 Å². The van der Waals surface area contributed by atoms with E-state index in [4.69, 9.17) is 19.4 Å². The summed E-state index contributed by atoms with van der Waals surface area (Å²) in [6.45, 7) is 0. The highest BCUT2D eigenvalue weighted by molar-refractivity contribution is 6.33. The fourth-order valence-corrected chi connectivity index (χ4v) is 8.96. The van der Waals surface area contributed by atoms with Gasteiger partial charge >= 0.3 is 0 Å². The smallest absolute Gasteiger partial charge is 0.164 e. The zero-order chi connectivity index (χ0) is 38.9. The second-order valence-corrected chi connectivity index (χ2v) is 15.1. The van der Waals surface area contributed by atoms with Crippen LogP contribution in [0.5, 0.6) is 0 Å². The summed E-state index contributed by atoms with van der Waals surface area (Å²) in [4.78, 5) is 15.3. The molecule has 0 aliphatic heterocycles. The van der Waals surface area contributed by atoms with Crippen molar-refractivity contribution >= 4 is 65.0 Å². The summed E-state index contributed by atoms with van der Waals surface area (Å²) in [6.07, 6.45) is 0. The number of furan rings is 1. The van der Waals surface area contributed by atoms with Crippen molar-refractivity contribution in [2.45, 2.75) is 0 Å². The van der Waals surface area contributed by atoms with Crippen molar-refractivity contribution in [3.8, 4) is 56.4 Å². The molecule has 0 aliphatic carbocycles. The van der Waals surface area contributed by atoms with Gasteiger partial charge in [0.1, 0.15) is 11.2 Å². The van der Waals surface area contributed by atoms with Gasteiger partial charge < -0.3 is 4.42 Å². The van der Waals surface area contributed by atoms with Crippen LogP contribution in [0.15, 0.2) is 205 Å². The number of fused-ring (bicyclic) bond motifs is 11. The third-order valence-corrected chi connectivity index (χ3v) is 11.7. The molecule has 4 nitrogen and oxygen atoms in total. The van der Waals surface area contributed by atoms with Crippen LogP contribution in [0.4, 0.5) is 0 Å². The first-order chi connectivity index (χ1) is 29.2. The zero-order valence-electron chi connectivity index (χ0n) is 31.8. The lowest BCUT2D eigenvalue weighted by molar-refractivity contribution is 0.670. The van der Waals surface area contributed by atoms with Gasteiger partial charge in [-0.3, -0.25) is 0 Å². The predicted molar refractivity (Wildman–Crippen MR) is 244 cm³/mol. The fraction of sp³-hybridized carbons (Fsp3) is 0. The zero-order valence-corrected chi connectivity index (χ0v) is 31.8. The van der Waals surface area contributed by atoms with Crippen LogP contribution >= 0.6 is 0 Å². The van der Waals surface area contributed by atoms with Crippen LogP contribution in [0.2, 0.25) is 0 Å². The predicted octanol–water partition coefficient (Wildman–Crippen LogP) is 14.7. The number of aromatic nitrogens is 3. The number of benzene rings is 10. The van der Waals surface area contributed by atoms with Crippen LogP contribution in [0.25, 0.3) is 121 Å². The number of rotatable bonds is 5. The van der Waals surface area contributed by atoms with Crippen molar-refractivity contribution in [1.29, 1.82) is 0 Å². The highest BCUT2D eigenvalue weighted by Crippen LogP contribution is 2.43. The van der Waals surface area contributed by atoms with Gasteiger partial charge in [-0.05, 0) is 78.0 Å². The standard InChI is InChI=1S/C55H33N3O/c1-2-14-35(15-3-1)53-56-54(36-30-28-34(29-31-36)39-25-13-26-47-44-22-10-11-27-50(44)59-52(39)47)58-55(57-53)38-17-12-16-37(32-38)48-33-49-42-20-5-4-18-40(42)41-19-6-8-23-45(41)51(49)46-24-9-7-21-43(46)48/h1-33H. The van der Waals surface area contributed by atoms with Gasteiger partial charge in [0.2, 0.25) is 0 Å². The van der Waals surface area contributed by atoms with Crippen LogP contribution in [0, 0.1) is 0 Å². The Bertz CT molecular complexity index is 3610. The Hall–Kier alpha value is -7.95. The summed E-state index contributed by atoms with van der Waals surface area (Å²) in [5.74, 6) is 1.86. The number of para-hydroxylation sites is 2. The lowest BCUT2D eigenvalue weighted by atomic mass is 9.87. The molecule has 59 heavy (non-hydrogen) atoms. The van der Waals surface area contributed by atoms with Gasteiger partial charge in [0.15, 0.2) is 17.5 Å². The van der Waals surface area contributed by atoms with E-state index in [0.717, 1.165) is 55.3 Å². The molecule has 0 saturated heterocycles. The number of hydrogen-bond acceptors (Lipinski definition) is 4. The largest absolute Gasteiger partial charge is 0.455 e. The van der Waals surface area contributed by atoms with E-state index in [-0.39, 0.29) is 0 Å². The van der Waals surface area contributed by atoms with Gasteiger partial charge in [-0.15, -0.1) is 0 Å². The van der Waals surface area contributed by atoms with Crippen molar-refractivity contribution in [3.63, 3.8) is 0 Å². The van der Waals surface area contributed by atoms with Gasteiger partial charge in [0.25, 0.3) is 0 Å². The minimum Gasteiger partial charge on any atom is -0.455 e. The van der Waals surface area contributed by atoms with Crippen molar-refractivity contribution < 1.29 is 4.42 Å². The van der Waals surface area contributed by atoms with Crippen molar-refractivity contribution in [2.75, 3.05) is 0 Å². The molecule has 0 atom stereocenters. The Morgan fingerprint density at radius 3 is 1.47 bits per heavy atom. The van der Waals surface area contributed by atoms with E-state index in [2.05, 4.69) is 158 Å². The summed E-state index contributed by atoms with van der Waals surface area (Å²) in [5, 5.41) is 12.2. The molecule has 12 aromatic rings. The maximum absolute atomic E-state index is 6.37. The monoisotopic (exact) mass is 751 g/mol. The normalized spacial score (nSPS) is 11.7. The average Bonchev–Trinajstić information content (AvgIpc) is 3.70. The van der Waals surface area contributed by atoms with Gasteiger partial charge in [0, 0.05) is 33.0 Å². The minimum atomic E-state index is 0.613. The molecule has 0 aliphatic rings. The van der Waals surface area contributed by atoms with E-state index in [9.17, 15) is 0 Å². The molecule has 2 aromatic heterocycles. The van der Waals surface area contributed by atoms with E-state index in [1.165, 1.54) is 48.7 Å². The van der Waals surface area contributed by atoms with Gasteiger partial charge in [-0.1, -0.05) is 182 Å². The van der Waals surface area contributed by atoms with Crippen LogP contribution in [-0.2, 0) is 0 Å². The Kier molecular flexibility index (Phi) is 7.50. The molecule has 12 rings (SSSR count). The number of nitrogens with zero attached hydrogens (tertiary/aromatic N) is 3. The minimum absolute atomic E-state index is 0.613. The van der Waals surface area contributed by atoms with Gasteiger partial charge in [-0.2, -0.15) is 0 Å². The summed E-state index contributed by atoms with van der Waals surface area (Å²) >= 11 is 0. The molecular formula is C55H33N3O. The topological polar surface area (TPSA) is 51.8 Å². The summed E-state index contributed by atoms with van der Waals surface area (Å²) in [5.41, 5.74) is 8.91. The summed E-state index contributed by atoms with van der Waals surface area (Å²) in [7, 11) is 0. The molecule has 0 amide bonds. The molecule has 0 N–H and O–H groups in total. The molecule has 0 radical (unpaired) electrons. The molecule has 10 aromatic carbocycles. The van der Waals surface area contributed by atoms with Crippen LogP contribution in [0.3, 0.4) is 0 Å². The van der Waals surface area contributed by atoms with Crippen LogP contribution in [-0.4, -0.2) is 15.0 Å². The van der Waals surface area contributed by atoms with E-state index in [1.807, 2.05) is 42.5 Å². The third-order valence-electron chi connectivity index (χ3n) is 11.7. The maximum Gasteiger partial charge on any atom is 0.164 e. The first-order valence-electron chi connectivity index (χ1n) is 19.9. The molecular weight excluding hydrogens is 719 g/mol. The second-order valence-electron chi connectivity index (χ2n) is 15.1. The summed E-state index contributed by atoms with van der Waals surface area (Å²) < 4.78 is 6.37. The Morgan fingerprint density at radius 1 is 0.271 bits per heavy atom. The number of hydrogen-bond donors (Lipinski definition) is 0. The lowest BCUT2D eigenvalue weighted by Gasteiger charge is -2.16. The molecule has 0 spiro atoms. The van der Waals surface area contributed by atoms with E-state index in [0.29, 0.717) is 17.5 Å². The highest BCUT2D eigenvalue weighted by Gasteiger charge is 2.18. The van der Waals surface area contributed by atoms with E-state index >= 15 is 0 Å². The van der Waals surface area contributed by atoms with Gasteiger partial charge in [-0.25, -0.2) is 15.0 Å². The molecule has 274 valence electrons. The van der Waals surface area contributed by atoms with Crippen molar-refractivity contribution in [3.05, 3.63) is 200 Å². The fourth-order valence-electron chi connectivity index (χ4n) is 8.96. The van der Waals surface area contributed by atoms with E-state index < -0.39 is 0 Å². The van der Waals surface area contributed by atoms with Gasteiger partial charge in [0.05, 0.1) is 0 Å². The SMILES string of the molecule is c1ccc(-c2nc(-c3ccc(-c4cccc5c4oc4ccccc45)cc3)nc(-c3cccc(-c4cc5c6ccccc6c6ccccc6c5c5ccccc45)c3)n2)cc1. The maximum atomic E-state index is 6.37. The summed E-state index contributed by atoms with van der Waals surface area (Å²) in [6, 6.07) is 70.5. The molecule has 0 bridgehead atoms. The first kappa shape index (κ1) is 33.2. The third kappa shape index (κ3) is 5.42. The molecule has 2 heterocycles. The van der Waals surface area contributed by atoms with Crippen molar-refractivity contribution in [1.82, 2.24) is 15.0 Å². The molecule has 0 unspecified atom stereocenters. The Labute approximate surface area is 339 Å². The molecule has 0 saturated carbocycles. The van der Waals surface area contributed by atoms with E-state index in [1.54, 1.807) is 0 Å². The Morgan fingerprint density at radius 2 is 0.746 bits per heavy atom. The Balaban J connectivity index is 1.01. The second kappa shape index (κ2) is 13.3. The van der Waals surface area contributed by atoms with Crippen LogP contribution in [0.1, 0.15) is 0 Å². The molecule has 4 heteroatoms. The average molecular weight is 752 g/mol.